The van der Waals surface area contributed by atoms with E-state index >= 15 is 0 Å². The molecular formula is C24H20N4O2S. The minimum Gasteiger partial charge on any atom is -0.489 e. The Morgan fingerprint density at radius 3 is 2.68 bits per heavy atom. The van der Waals surface area contributed by atoms with Gasteiger partial charge < -0.3 is 14.8 Å². The lowest BCUT2D eigenvalue weighted by Gasteiger charge is -2.20. The van der Waals surface area contributed by atoms with Gasteiger partial charge in [-0.1, -0.05) is 72.4 Å². The van der Waals surface area contributed by atoms with Crippen molar-refractivity contribution < 1.29 is 9.47 Å². The zero-order valence-corrected chi connectivity index (χ0v) is 17.7. The Balaban J connectivity index is 1.46. The van der Waals surface area contributed by atoms with Crippen LogP contribution in [0.5, 0.6) is 11.6 Å². The molecule has 31 heavy (non-hydrogen) atoms. The van der Waals surface area contributed by atoms with Crippen molar-refractivity contribution in [2.24, 2.45) is 0 Å². The highest BCUT2D eigenvalue weighted by Crippen LogP contribution is 2.39. The molecule has 0 aliphatic carbocycles. The maximum Gasteiger partial charge on any atom is 0.247 e. The number of para-hydroxylation sites is 1. The molecule has 3 aromatic carbocycles. The number of nitrogens with zero attached hydrogens (tertiary/aromatic N) is 3. The van der Waals surface area contributed by atoms with Crippen molar-refractivity contribution in [1.29, 1.82) is 0 Å². The predicted molar refractivity (Wildman–Crippen MR) is 121 cm³/mol. The smallest absolute Gasteiger partial charge is 0.247 e. The van der Waals surface area contributed by atoms with Crippen molar-refractivity contribution in [1.82, 2.24) is 15.2 Å². The number of thioether (sulfide) groups is 1. The van der Waals surface area contributed by atoms with Crippen molar-refractivity contribution in [2.45, 2.75) is 18.0 Å². The molecule has 6 nitrogen and oxygen atoms in total. The Labute approximate surface area is 184 Å². The highest BCUT2D eigenvalue weighted by atomic mass is 32.2. The first kappa shape index (κ1) is 19.4. The highest BCUT2D eigenvalue weighted by Gasteiger charge is 2.26. The summed E-state index contributed by atoms with van der Waals surface area (Å²) in [6.45, 7) is 0.503. The molecule has 0 bridgehead atoms. The summed E-state index contributed by atoms with van der Waals surface area (Å²) in [7, 11) is 0. The lowest BCUT2D eigenvalue weighted by Crippen LogP contribution is -2.17. The lowest BCUT2D eigenvalue weighted by atomic mass is 10.1. The van der Waals surface area contributed by atoms with Gasteiger partial charge in [-0.15, -0.1) is 10.2 Å². The van der Waals surface area contributed by atoms with Gasteiger partial charge in [-0.05, 0) is 30.0 Å². The Bertz CT molecular complexity index is 1200. The Morgan fingerprint density at radius 2 is 1.81 bits per heavy atom. The van der Waals surface area contributed by atoms with E-state index in [-0.39, 0.29) is 0 Å². The number of hydrogen-bond donors (Lipinski definition) is 1. The number of anilines is 1. The third-order valence-corrected chi connectivity index (χ3v) is 5.46. The second-order valence-electron chi connectivity index (χ2n) is 6.99. The van der Waals surface area contributed by atoms with Crippen LogP contribution in [0.2, 0.25) is 0 Å². The van der Waals surface area contributed by atoms with Crippen LogP contribution in [0, 0.1) is 0 Å². The van der Waals surface area contributed by atoms with Gasteiger partial charge in [-0.25, -0.2) is 0 Å². The average molecular weight is 429 g/mol. The van der Waals surface area contributed by atoms with E-state index in [9.17, 15) is 0 Å². The molecule has 1 aliphatic heterocycles. The topological polar surface area (TPSA) is 69.2 Å². The SMILES string of the molecule is CSc1nnc2c(n1)O[C@H](c1cccc(OCc3ccccc3)c1)Nc1ccccc1-2. The van der Waals surface area contributed by atoms with E-state index in [4.69, 9.17) is 9.47 Å². The van der Waals surface area contributed by atoms with E-state index in [1.807, 2.05) is 85.1 Å². The minimum absolute atomic E-state index is 0.450. The van der Waals surface area contributed by atoms with Crippen molar-refractivity contribution in [3.8, 4) is 22.9 Å². The maximum absolute atomic E-state index is 6.29. The number of aromatic nitrogens is 3. The standard InChI is InChI=1S/C24H20N4O2S/c1-31-24-26-23-21(27-28-24)19-12-5-6-13-20(19)25-22(30-23)17-10-7-11-18(14-17)29-15-16-8-3-2-4-9-16/h2-14,22,25H,15H2,1H3/t22-/m1/s1. The quantitative estimate of drug-likeness (QED) is 0.430. The number of ether oxygens (including phenoxy) is 2. The summed E-state index contributed by atoms with van der Waals surface area (Å²) in [4.78, 5) is 4.56. The monoisotopic (exact) mass is 428 g/mol. The first-order chi connectivity index (χ1) is 15.3. The molecule has 5 rings (SSSR count). The van der Waals surface area contributed by atoms with Crippen molar-refractivity contribution in [3.05, 3.63) is 90.0 Å². The number of hydrogen-bond acceptors (Lipinski definition) is 7. The molecule has 0 unspecified atom stereocenters. The molecule has 1 aromatic heterocycles. The fraction of sp³-hybridized carbons (Fsp3) is 0.125. The van der Waals surface area contributed by atoms with Gasteiger partial charge in [0.05, 0.1) is 0 Å². The average Bonchev–Trinajstić information content (AvgIpc) is 3.00. The zero-order valence-electron chi connectivity index (χ0n) is 16.9. The Morgan fingerprint density at radius 1 is 0.968 bits per heavy atom. The Hall–Kier alpha value is -3.58. The molecule has 1 N–H and O–H groups in total. The van der Waals surface area contributed by atoms with Gasteiger partial charge in [-0.3, -0.25) is 0 Å². The molecule has 0 radical (unpaired) electrons. The van der Waals surface area contributed by atoms with Crippen molar-refractivity contribution >= 4 is 17.4 Å². The first-order valence-electron chi connectivity index (χ1n) is 9.88. The predicted octanol–water partition coefficient (Wildman–Crippen LogP) is 5.34. The summed E-state index contributed by atoms with van der Waals surface area (Å²) in [5.74, 6) is 1.23. The molecule has 7 heteroatoms. The molecule has 1 atom stereocenters. The van der Waals surface area contributed by atoms with Gasteiger partial charge in [0.2, 0.25) is 11.0 Å². The fourth-order valence-corrected chi connectivity index (χ4v) is 3.69. The number of benzene rings is 3. The fourth-order valence-electron chi connectivity index (χ4n) is 3.39. The largest absolute Gasteiger partial charge is 0.489 e. The van der Waals surface area contributed by atoms with Crippen LogP contribution in [-0.4, -0.2) is 21.4 Å². The summed E-state index contributed by atoms with van der Waals surface area (Å²) in [5.41, 5.74) is 4.49. The summed E-state index contributed by atoms with van der Waals surface area (Å²) in [6, 6.07) is 25.9. The molecule has 1 aliphatic rings. The van der Waals surface area contributed by atoms with Crippen LogP contribution in [0.25, 0.3) is 11.3 Å². The van der Waals surface area contributed by atoms with E-state index in [2.05, 4.69) is 20.5 Å². The molecule has 0 saturated heterocycles. The van der Waals surface area contributed by atoms with Gasteiger partial charge in [0.15, 0.2) is 11.9 Å². The summed E-state index contributed by atoms with van der Waals surface area (Å²) >= 11 is 1.43. The zero-order chi connectivity index (χ0) is 21.0. The lowest BCUT2D eigenvalue weighted by molar-refractivity contribution is 0.224. The van der Waals surface area contributed by atoms with E-state index in [0.29, 0.717) is 23.3 Å². The van der Waals surface area contributed by atoms with Crippen LogP contribution in [0.1, 0.15) is 17.4 Å². The molecule has 154 valence electrons. The molecular weight excluding hydrogens is 408 g/mol. The van der Waals surface area contributed by atoms with E-state index < -0.39 is 6.23 Å². The van der Waals surface area contributed by atoms with Crippen molar-refractivity contribution in [3.63, 3.8) is 0 Å². The van der Waals surface area contributed by atoms with E-state index in [1.165, 1.54) is 11.8 Å². The molecule has 2 heterocycles. The van der Waals surface area contributed by atoms with E-state index in [1.54, 1.807) is 0 Å². The maximum atomic E-state index is 6.29. The third kappa shape index (κ3) is 4.18. The normalized spacial score (nSPS) is 14.4. The minimum atomic E-state index is -0.450. The van der Waals surface area contributed by atoms with Crippen LogP contribution in [0.3, 0.4) is 0 Å². The van der Waals surface area contributed by atoms with Gasteiger partial charge in [0, 0.05) is 16.8 Å². The van der Waals surface area contributed by atoms with Crippen LogP contribution < -0.4 is 14.8 Å². The molecule has 0 amide bonds. The van der Waals surface area contributed by atoms with Gasteiger partial charge in [0.25, 0.3) is 0 Å². The van der Waals surface area contributed by atoms with Crippen LogP contribution in [0.4, 0.5) is 5.69 Å². The number of fused-ring (bicyclic) bond motifs is 3. The van der Waals surface area contributed by atoms with Gasteiger partial charge >= 0.3 is 0 Å². The molecule has 0 fully saturated rings. The molecule has 0 saturated carbocycles. The van der Waals surface area contributed by atoms with Crippen molar-refractivity contribution in [2.75, 3.05) is 11.6 Å². The Kier molecular flexibility index (Phi) is 5.41. The summed E-state index contributed by atoms with van der Waals surface area (Å²) < 4.78 is 12.3. The summed E-state index contributed by atoms with van der Waals surface area (Å²) in [5, 5.41) is 12.6. The third-order valence-electron chi connectivity index (χ3n) is 4.93. The summed E-state index contributed by atoms with van der Waals surface area (Å²) in [6.07, 6.45) is 1.46. The highest BCUT2D eigenvalue weighted by molar-refractivity contribution is 7.98. The van der Waals surface area contributed by atoms with Crippen LogP contribution in [-0.2, 0) is 6.61 Å². The van der Waals surface area contributed by atoms with Crippen LogP contribution in [0.15, 0.2) is 84.0 Å². The van der Waals surface area contributed by atoms with Crippen LogP contribution >= 0.6 is 11.8 Å². The molecule has 0 spiro atoms. The second-order valence-corrected chi connectivity index (χ2v) is 7.76. The molecule has 4 aromatic rings. The first-order valence-corrected chi connectivity index (χ1v) is 11.1. The second kappa shape index (κ2) is 8.65. The number of rotatable bonds is 5. The van der Waals surface area contributed by atoms with Gasteiger partial charge in [0.1, 0.15) is 12.4 Å². The van der Waals surface area contributed by atoms with Gasteiger partial charge in [-0.2, -0.15) is 4.98 Å². The van der Waals surface area contributed by atoms with E-state index in [0.717, 1.165) is 28.1 Å². The number of nitrogens with one attached hydrogen (secondary N) is 1.